The van der Waals surface area contributed by atoms with E-state index in [1.54, 1.807) is 31.2 Å². The Morgan fingerprint density at radius 2 is 1.96 bits per heavy atom. The van der Waals surface area contributed by atoms with Crippen LogP contribution in [0, 0.1) is 0 Å². The Labute approximate surface area is 133 Å². The van der Waals surface area contributed by atoms with Gasteiger partial charge in [-0.3, -0.25) is 19.3 Å². The van der Waals surface area contributed by atoms with Crippen molar-refractivity contribution in [2.24, 2.45) is 0 Å². The summed E-state index contributed by atoms with van der Waals surface area (Å²) in [6.07, 6.45) is 3.25. The highest BCUT2D eigenvalue weighted by molar-refractivity contribution is 6.04. The molecule has 1 aromatic rings. The molecule has 0 radical (unpaired) electrons. The van der Waals surface area contributed by atoms with Crippen molar-refractivity contribution in [2.45, 2.75) is 13.3 Å². The van der Waals surface area contributed by atoms with Gasteiger partial charge in [-0.25, -0.2) is 0 Å². The molecule has 2 amide bonds. The predicted octanol–water partition coefficient (Wildman–Crippen LogP) is 1.16. The van der Waals surface area contributed by atoms with Gasteiger partial charge in [-0.05, 0) is 17.7 Å². The summed E-state index contributed by atoms with van der Waals surface area (Å²) < 4.78 is 0. The van der Waals surface area contributed by atoms with Gasteiger partial charge in [0.05, 0.1) is 6.54 Å². The summed E-state index contributed by atoms with van der Waals surface area (Å²) in [7, 11) is 0. The van der Waals surface area contributed by atoms with Crippen LogP contribution in [0.5, 0.6) is 0 Å². The van der Waals surface area contributed by atoms with Crippen molar-refractivity contribution >= 4 is 35.8 Å². The number of rotatable bonds is 8. The lowest BCUT2D eigenvalue weighted by molar-refractivity contribution is -0.143. The summed E-state index contributed by atoms with van der Waals surface area (Å²) in [6, 6.07) is 6.83. The molecule has 122 valence electrons. The first kappa shape index (κ1) is 18.1. The minimum absolute atomic E-state index is 0.115. The lowest BCUT2D eigenvalue weighted by atomic mass is 10.1. The molecule has 0 atom stereocenters. The molecule has 0 aliphatic carbocycles. The average Bonchev–Trinajstić information content (AvgIpc) is 2.55. The number of nitrogens with one attached hydrogen (secondary N) is 1. The summed E-state index contributed by atoms with van der Waals surface area (Å²) in [5.41, 5.74) is 1.14. The highest BCUT2D eigenvalue weighted by atomic mass is 16.4. The highest BCUT2D eigenvalue weighted by Gasteiger charge is 2.16. The maximum Gasteiger partial charge on any atom is 0.322 e. The van der Waals surface area contributed by atoms with Crippen LogP contribution in [0.3, 0.4) is 0 Å². The van der Waals surface area contributed by atoms with Crippen LogP contribution in [-0.2, 0) is 19.2 Å². The van der Waals surface area contributed by atoms with Gasteiger partial charge >= 0.3 is 5.97 Å². The molecule has 0 heterocycles. The fourth-order valence-electron chi connectivity index (χ4n) is 1.81. The number of carboxylic acids is 1. The van der Waals surface area contributed by atoms with E-state index in [1.165, 1.54) is 12.2 Å². The third-order valence-electron chi connectivity index (χ3n) is 2.92. The normalized spacial score (nSPS) is 10.3. The molecule has 7 nitrogen and oxygen atoms in total. The number of aldehydes is 1. The van der Waals surface area contributed by atoms with Gasteiger partial charge in [0.1, 0.15) is 12.8 Å². The second-order valence-corrected chi connectivity index (χ2v) is 4.53. The molecule has 0 saturated heterocycles. The van der Waals surface area contributed by atoms with E-state index in [9.17, 15) is 19.2 Å². The molecule has 0 spiro atoms. The molecule has 1 aromatic carbocycles. The van der Waals surface area contributed by atoms with Gasteiger partial charge in [-0.2, -0.15) is 0 Å². The molecule has 1 rings (SSSR count). The van der Waals surface area contributed by atoms with Crippen molar-refractivity contribution in [1.82, 2.24) is 4.90 Å². The minimum Gasteiger partial charge on any atom is -0.480 e. The van der Waals surface area contributed by atoms with Crippen molar-refractivity contribution in [3.05, 3.63) is 35.9 Å². The summed E-state index contributed by atoms with van der Waals surface area (Å²) in [6.45, 7) is 1.04. The molecular weight excluding hydrogens is 300 g/mol. The molecular formula is C16H18N2O5. The largest absolute Gasteiger partial charge is 0.480 e. The standard InChI is InChI=1S/C16H18N2O5/c1-2-14(20)18(9-10-19)15(21)8-7-12-5-3-4-6-13(12)17-11-16(22)23/h3-8,10,17H,2,9,11H2,1H3,(H,22,23)/b8-7+. The second-order valence-electron chi connectivity index (χ2n) is 4.53. The van der Waals surface area contributed by atoms with Crippen LogP contribution in [-0.4, -0.2) is 47.2 Å². The van der Waals surface area contributed by atoms with Crippen molar-refractivity contribution in [3.8, 4) is 0 Å². The van der Waals surface area contributed by atoms with E-state index in [0.717, 1.165) is 4.90 Å². The zero-order chi connectivity index (χ0) is 17.2. The number of imide groups is 1. The Kier molecular flexibility index (Phi) is 7.19. The van der Waals surface area contributed by atoms with E-state index in [1.807, 2.05) is 0 Å². The first-order valence-electron chi connectivity index (χ1n) is 7.00. The molecule has 0 unspecified atom stereocenters. The van der Waals surface area contributed by atoms with Crippen LogP contribution in [0.4, 0.5) is 5.69 Å². The number of carbonyl (C=O) groups excluding carboxylic acids is 3. The fourth-order valence-corrected chi connectivity index (χ4v) is 1.81. The number of para-hydroxylation sites is 1. The third kappa shape index (κ3) is 5.74. The van der Waals surface area contributed by atoms with Crippen molar-refractivity contribution < 1.29 is 24.3 Å². The number of nitrogens with zero attached hydrogens (tertiary/aromatic N) is 1. The first-order chi connectivity index (χ1) is 11.0. The number of aliphatic carboxylic acids is 1. The molecule has 0 aliphatic heterocycles. The second kappa shape index (κ2) is 9.14. The van der Waals surface area contributed by atoms with E-state index >= 15 is 0 Å². The number of hydrogen-bond acceptors (Lipinski definition) is 5. The van der Waals surface area contributed by atoms with Gasteiger partial charge in [0.15, 0.2) is 0 Å². The predicted molar refractivity (Wildman–Crippen MR) is 84.7 cm³/mol. The van der Waals surface area contributed by atoms with Gasteiger partial charge in [-0.15, -0.1) is 0 Å². The lowest BCUT2D eigenvalue weighted by Crippen LogP contribution is -2.36. The molecule has 2 N–H and O–H groups in total. The number of carboxylic acid groups (broad SMARTS) is 1. The van der Waals surface area contributed by atoms with Crippen LogP contribution >= 0.6 is 0 Å². The Hall–Kier alpha value is -2.96. The Morgan fingerprint density at radius 3 is 2.57 bits per heavy atom. The van der Waals surface area contributed by atoms with Crippen LogP contribution in [0.1, 0.15) is 18.9 Å². The van der Waals surface area contributed by atoms with E-state index in [2.05, 4.69) is 5.32 Å². The quantitative estimate of drug-likeness (QED) is 0.550. The van der Waals surface area contributed by atoms with Crippen LogP contribution in [0.15, 0.2) is 30.3 Å². The number of amides is 2. The van der Waals surface area contributed by atoms with Crippen LogP contribution in [0.25, 0.3) is 6.08 Å². The van der Waals surface area contributed by atoms with Crippen molar-refractivity contribution in [3.63, 3.8) is 0 Å². The molecule has 0 aromatic heterocycles. The summed E-state index contributed by atoms with van der Waals surface area (Å²) in [4.78, 5) is 45.7. The van der Waals surface area contributed by atoms with Gasteiger partial charge in [0, 0.05) is 18.2 Å². The van der Waals surface area contributed by atoms with Crippen molar-refractivity contribution in [2.75, 3.05) is 18.4 Å². The van der Waals surface area contributed by atoms with Crippen molar-refractivity contribution in [1.29, 1.82) is 0 Å². The Balaban J connectivity index is 2.90. The molecule has 7 heteroatoms. The molecule has 0 aliphatic rings. The molecule has 0 saturated carbocycles. The third-order valence-corrected chi connectivity index (χ3v) is 2.92. The molecule has 23 heavy (non-hydrogen) atoms. The van der Waals surface area contributed by atoms with Crippen LogP contribution in [0.2, 0.25) is 0 Å². The Morgan fingerprint density at radius 1 is 1.26 bits per heavy atom. The van der Waals surface area contributed by atoms with E-state index < -0.39 is 17.8 Å². The number of hydrogen-bond donors (Lipinski definition) is 2. The lowest BCUT2D eigenvalue weighted by Gasteiger charge is -2.15. The first-order valence-corrected chi connectivity index (χ1v) is 7.00. The average molecular weight is 318 g/mol. The monoisotopic (exact) mass is 318 g/mol. The number of benzene rings is 1. The molecule has 0 bridgehead atoms. The highest BCUT2D eigenvalue weighted by Crippen LogP contribution is 2.16. The Bertz CT molecular complexity index is 625. The topological polar surface area (TPSA) is 104 Å². The van der Waals surface area contributed by atoms with E-state index in [0.29, 0.717) is 17.5 Å². The summed E-state index contributed by atoms with van der Waals surface area (Å²) in [5, 5.41) is 11.4. The SMILES string of the molecule is CCC(=O)N(CC=O)C(=O)/C=C/c1ccccc1NCC(=O)O. The van der Waals surface area contributed by atoms with Gasteiger partial charge < -0.3 is 15.2 Å². The van der Waals surface area contributed by atoms with Crippen LogP contribution < -0.4 is 5.32 Å². The number of carbonyl (C=O) groups is 4. The molecule has 0 fully saturated rings. The number of anilines is 1. The van der Waals surface area contributed by atoms with Gasteiger partial charge in [-0.1, -0.05) is 25.1 Å². The fraction of sp³-hybridized carbons (Fsp3) is 0.250. The smallest absolute Gasteiger partial charge is 0.322 e. The zero-order valence-corrected chi connectivity index (χ0v) is 12.7. The maximum absolute atomic E-state index is 12.0. The summed E-state index contributed by atoms with van der Waals surface area (Å²) >= 11 is 0. The van der Waals surface area contributed by atoms with E-state index in [4.69, 9.17) is 5.11 Å². The van der Waals surface area contributed by atoms with E-state index in [-0.39, 0.29) is 19.5 Å². The maximum atomic E-state index is 12.0. The summed E-state index contributed by atoms with van der Waals surface area (Å²) in [5.74, 6) is -2.05. The van der Waals surface area contributed by atoms with Gasteiger partial charge in [0.2, 0.25) is 5.91 Å². The minimum atomic E-state index is -1.01. The zero-order valence-electron chi connectivity index (χ0n) is 12.7. The van der Waals surface area contributed by atoms with Gasteiger partial charge in [0.25, 0.3) is 5.91 Å².